The van der Waals surface area contributed by atoms with Crippen LogP contribution in [-0.2, 0) is 21.2 Å². The second-order valence-corrected chi connectivity index (χ2v) is 7.53. The van der Waals surface area contributed by atoms with Gasteiger partial charge in [0.15, 0.2) is 0 Å². The molecule has 0 aliphatic carbocycles. The average Bonchev–Trinajstić information content (AvgIpc) is 2.81. The van der Waals surface area contributed by atoms with Gasteiger partial charge in [0.25, 0.3) is 10.0 Å². The Kier molecular flexibility index (Phi) is 4.50. The zero-order chi connectivity index (χ0) is 15.6. The first-order valence-electron chi connectivity index (χ1n) is 5.56. The third-order valence-electron chi connectivity index (χ3n) is 2.40. The number of halogens is 2. The minimum Gasteiger partial charge on any atom is -0.481 e. The number of carboxylic acid groups (broad SMARTS) is 1. The maximum atomic E-state index is 13.6. The topological polar surface area (TPSA) is 83.5 Å². The molecule has 0 fully saturated rings. The van der Waals surface area contributed by atoms with Crippen LogP contribution in [0.3, 0.4) is 0 Å². The Hall–Kier alpha value is -1.64. The second kappa shape index (κ2) is 6.00. The number of benzene rings is 1. The molecular formula is C12H9ClFNO4S2. The molecule has 1 aromatic heterocycles. The molecular weight excluding hydrogens is 341 g/mol. The van der Waals surface area contributed by atoms with E-state index in [0.717, 1.165) is 17.4 Å². The number of thiophene rings is 1. The predicted octanol–water partition coefficient (Wildman–Crippen LogP) is 2.97. The molecule has 0 saturated heterocycles. The SMILES string of the molecule is O=C(O)Cc1ccc(S(=O)(=O)Nc2ccc(Cl)cc2F)s1. The van der Waals surface area contributed by atoms with E-state index in [4.69, 9.17) is 16.7 Å². The molecule has 0 aliphatic rings. The van der Waals surface area contributed by atoms with Crippen molar-refractivity contribution in [3.8, 4) is 0 Å². The Balaban J connectivity index is 2.25. The summed E-state index contributed by atoms with van der Waals surface area (Å²) in [5.41, 5.74) is -0.229. The van der Waals surface area contributed by atoms with E-state index in [1.165, 1.54) is 24.3 Å². The summed E-state index contributed by atoms with van der Waals surface area (Å²) in [6.45, 7) is 0. The molecule has 112 valence electrons. The summed E-state index contributed by atoms with van der Waals surface area (Å²) in [7, 11) is -3.97. The normalized spacial score (nSPS) is 11.3. The molecule has 0 radical (unpaired) electrons. The van der Waals surface area contributed by atoms with E-state index in [-0.39, 0.29) is 21.3 Å². The molecule has 0 aliphatic heterocycles. The van der Waals surface area contributed by atoms with Crippen LogP contribution >= 0.6 is 22.9 Å². The fraction of sp³-hybridized carbons (Fsp3) is 0.0833. The van der Waals surface area contributed by atoms with Crippen molar-refractivity contribution in [2.45, 2.75) is 10.6 Å². The van der Waals surface area contributed by atoms with Gasteiger partial charge in [0.1, 0.15) is 10.0 Å². The molecule has 5 nitrogen and oxygen atoms in total. The maximum absolute atomic E-state index is 13.6. The largest absolute Gasteiger partial charge is 0.481 e. The van der Waals surface area contributed by atoms with Gasteiger partial charge in [0.05, 0.1) is 12.1 Å². The molecule has 21 heavy (non-hydrogen) atoms. The Morgan fingerprint density at radius 1 is 1.33 bits per heavy atom. The average molecular weight is 350 g/mol. The van der Waals surface area contributed by atoms with E-state index >= 15 is 0 Å². The van der Waals surface area contributed by atoms with Crippen LogP contribution in [0.2, 0.25) is 5.02 Å². The van der Waals surface area contributed by atoms with Crippen LogP contribution in [0.15, 0.2) is 34.5 Å². The lowest BCUT2D eigenvalue weighted by atomic mass is 10.3. The molecule has 0 bridgehead atoms. The Bertz CT molecular complexity index is 788. The highest BCUT2D eigenvalue weighted by Gasteiger charge is 2.19. The number of sulfonamides is 1. The lowest BCUT2D eigenvalue weighted by molar-refractivity contribution is -0.136. The van der Waals surface area contributed by atoms with Gasteiger partial charge in [-0.2, -0.15) is 0 Å². The Morgan fingerprint density at radius 2 is 2.05 bits per heavy atom. The van der Waals surface area contributed by atoms with Crippen molar-refractivity contribution in [2.24, 2.45) is 0 Å². The van der Waals surface area contributed by atoms with E-state index in [9.17, 15) is 17.6 Å². The molecule has 2 N–H and O–H groups in total. The number of aliphatic carboxylic acids is 1. The van der Waals surface area contributed by atoms with Gasteiger partial charge in [-0.3, -0.25) is 9.52 Å². The second-order valence-electron chi connectivity index (χ2n) is 4.02. The maximum Gasteiger partial charge on any atom is 0.308 e. The van der Waals surface area contributed by atoms with Crippen molar-refractivity contribution in [2.75, 3.05) is 4.72 Å². The lowest BCUT2D eigenvalue weighted by Gasteiger charge is -2.07. The lowest BCUT2D eigenvalue weighted by Crippen LogP contribution is -2.12. The molecule has 0 amide bonds. The fourth-order valence-corrected chi connectivity index (χ4v) is 4.09. The highest BCUT2D eigenvalue weighted by Crippen LogP contribution is 2.26. The van der Waals surface area contributed by atoms with Crippen molar-refractivity contribution in [1.29, 1.82) is 0 Å². The van der Waals surface area contributed by atoms with Gasteiger partial charge in [0.2, 0.25) is 0 Å². The number of carbonyl (C=O) groups is 1. The summed E-state index contributed by atoms with van der Waals surface area (Å²) >= 11 is 6.40. The number of hydrogen-bond acceptors (Lipinski definition) is 4. The monoisotopic (exact) mass is 349 g/mol. The van der Waals surface area contributed by atoms with E-state index in [1.54, 1.807) is 0 Å². The van der Waals surface area contributed by atoms with E-state index in [0.29, 0.717) is 4.88 Å². The van der Waals surface area contributed by atoms with Gasteiger partial charge in [-0.15, -0.1) is 11.3 Å². The molecule has 0 atom stereocenters. The van der Waals surface area contributed by atoms with Crippen molar-refractivity contribution >= 4 is 44.6 Å². The zero-order valence-electron chi connectivity index (χ0n) is 10.3. The van der Waals surface area contributed by atoms with E-state index in [2.05, 4.69) is 4.72 Å². The number of anilines is 1. The first kappa shape index (κ1) is 15.7. The Labute approximate surface area is 129 Å². The van der Waals surface area contributed by atoms with Gasteiger partial charge in [-0.05, 0) is 30.3 Å². The van der Waals surface area contributed by atoms with Crippen LogP contribution in [-0.4, -0.2) is 19.5 Å². The van der Waals surface area contributed by atoms with Gasteiger partial charge < -0.3 is 5.11 Å². The number of hydrogen-bond donors (Lipinski definition) is 2. The molecule has 0 spiro atoms. The van der Waals surface area contributed by atoms with Gasteiger partial charge >= 0.3 is 5.97 Å². The zero-order valence-corrected chi connectivity index (χ0v) is 12.7. The van der Waals surface area contributed by atoms with Crippen molar-refractivity contribution in [3.63, 3.8) is 0 Å². The minimum absolute atomic E-state index is 0.0897. The van der Waals surface area contributed by atoms with Crippen molar-refractivity contribution < 1.29 is 22.7 Å². The molecule has 2 rings (SSSR count). The van der Waals surface area contributed by atoms with Crippen LogP contribution in [0, 0.1) is 5.82 Å². The standard InChI is InChI=1S/C12H9ClFNO4S2/c13-7-1-3-10(9(14)5-7)15-21(18,19)12-4-2-8(20-12)6-11(16)17/h1-5,15H,6H2,(H,16,17). The minimum atomic E-state index is -3.97. The van der Waals surface area contributed by atoms with E-state index in [1.807, 2.05) is 0 Å². The van der Waals surface area contributed by atoms with Crippen molar-refractivity contribution in [3.05, 3.63) is 46.0 Å². The molecule has 1 aromatic carbocycles. The third kappa shape index (κ3) is 3.93. The first-order chi connectivity index (χ1) is 9.78. The summed E-state index contributed by atoms with van der Waals surface area (Å²) in [4.78, 5) is 11.0. The summed E-state index contributed by atoms with van der Waals surface area (Å²) in [6.07, 6.45) is -0.268. The highest BCUT2D eigenvalue weighted by molar-refractivity contribution is 7.94. The van der Waals surface area contributed by atoms with Crippen LogP contribution in [0.5, 0.6) is 0 Å². The van der Waals surface area contributed by atoms with Crippen LogP contribution in [0.1, 0.15) is 4.88 Å². The van der Waals surface area contributed by atoms with Crippen LogP contribution < -0.4 is 4.72 Å². The first-order valence-corrected chi connectivity index (χ1v) is 8.24. The number of carboxylic acids is 1. The quantitative estimate of drug-likeness (QED) is 0.869. The number of rotatable bonds is 5. The van der Waals surface area contributed by atoms with E-state index < -0.39 is 21.8 Å². The summed E-state index contributed by atoms with van der Waals surface area (Å²) in [6, 6.07) is 6.24. The predicted molar refractivity (Wildman–Crippen MR) is 77.9 cm³/mol. The highest BCUT2D eigenvalue weighted by atomic mass is 35.5. The summed E-state index contributed by atoms with van der Waals surface area (Å²) in [5.74, 6) is -1.86. The summed E-state index contributed by atoms with van der Waals surface area (Å²) < 4.78 is 39.8. The van der Waals surface area contributed by atoms with Gasteiger partial charge in [0, 0.05) is 9.90 Å². The molecule has 0 saturated carbocycles. The molecule has 9 heteroatoms. The summed E-state index contributed by atoms with van der Waals surface area (Å²) in [5, 5.41) is 8.80. The Morgan fingerprint density at radius 3 is 2.67 bits per heavy atom. The van der Waals surface area contributed by atoms with Crippen molar-refractivity contribution in [1.82, 2.24) is 0 Å². The number of nitrogens with one attached hydrogen (secondary N) is 1. The molecule has 0 unspecified atom stereocenters. The van der Waals surface area contributed by atoms with Gasteiger partial charge in [-0.1, -0.05) is 11.6 Å². The molecule has 1 heterocycles. The van der Waals surface area contributed by atoms with Crippen LogP contribution in [0.4, 0.5) is 10.1 Å². The third-order valence-corrected chi connectivity index (χ3v) is 5.58. The van der Waals surface area contributed by atoms with Gasteiger partial charge in [-0.25, -0.2) is 12.8 Å². The smallest absolute Gasteiger partial charge is 0.308 e. The van der Waals surface area contributed by atoms with Crippen LogP contribution in [0.25, 0.3) is 0 Å². The fourth-order valence-electron chi connectivity index (χ4n) is 1.51. The molecule has 2 aromatic rings.